The molecule has 0 spiro atoms. The number of carbonyl (C=O) groups excluding carboxylic acids is 1. The zero-order valence-electron chi connectivity index (χ0n) is 16.1. The van der Waals surface area contributed by atoms with Gasteiger partial charge >= 0.3 is 0 Å². The highest BCUT2D eigenvalue weighted by Crippen LogP contribution is 2.35. The Bertz CT molecular complexity index is 1090. The maximum atomic E-state index is 14.2. The molecule has 0 fully saturated rings. The molecule has 6 nitrogen and oxygen atoms in total. The number of fused-ring (bicyclic) bond motifs is 1. The number of rotatable bonds is 3. The number of carbonyl (C=O) groups is 1. The lowest BCUT2D eigenvalue weighted by Gasteiger charge is -2.14. The second kappa shape index (κ2) is 6.95. The zero-order valence-corrected chi connectivity index (χ0v) is 16.1. The van der Waals surface area contributed by atoms with Gasteiger partial charge in [-0.05, 0) is 12.1 Å². The first kappa shape index (κ1) is 19.0. The van der Waals surface area contributed by atoms with E-state index in [0.717, 1.165) is 12.1 Å². The first-order valence-corrected chi connectivity index (χ1v) is 9.10. The maximum Gasteiger partial charge on any atom is 0.258 e. The van der Waals surface area contributed by atoms with Crippen LogP contribution >= 0.6 is 0 Å². The highest BCUT2D eigenvalue weighted by Gasteiger charge is 2.31. The number of hydrogen-bond acceptors (Lipinski definition) is 5. The summed E-state index contributed by atoms with van der Waals surface area (Å²) in [5.41, 5.74) is 0.584. The molecular weight excluding hydrogens is 380 g/mol. The second-order valence-electron chi connectivity index (χ2n) is 7.86. The zero-order chi connectivity index (χ0) is 20.8. The largest absolute Gasteiger partial charge is 0.490 e. The van der Waals surface area contributed by atoms with Crippen molar-refractivity contribution in [1.29, 1.82) is 0 Å². The third-order valence-electron chi connectivity index (χ3n) is 4.61. The normalized spacial score (nSPS) is 15.7. The molecule has 1 aliphatic rings. The summed E-state index contributed by atoms with van der Waals surface area (Å²) >= 11 is 0. The minimum absolute atomic E-state index is 0.0122. The first-order valence-electron chi connectivity index (χ1n) is 9.10. The SMILES string of the molecule is CC(C)(C)c1noc(-c2ccccc2C(=O)NC2COc3cc(F)cc(F)c32)n1. The van der Waals surface area contributed by atoms with Gasteiger partial charge < -0.3 is 14.6 Å². The molecule has 1 atom stereocenters. The van der Waals surface area contributed by atoms with Crippen LogP contribution in [0.5, 0.6) is 5.75 Å². The molecule has 0 aliphatic carbocycles. The molecule has 4 rings (SSSR count). The lowest BCUT2D eigenvalue weighted by Crippen LogP contribution is -2.30. The van der Waals surface area contributed by atoms with Gasteiger partial charge in [0.2, 0.25) is 0 Å². The number of nitrogens with one attached hydrogen (secondary N) is 1. The summed E-state index contributed by atoms with van der Waals surface area (Å²) in [6.07, 6.45) is 0. The molecule has 1 aromatic heterocycles. The van der Waals surface area contributed by atoms with Crippen LogP contribution in [0.2, 0.25) is 0 Å². The molecule has 1 amide bonds. The lowest BCUT2D eigenvalue weighted by molar-refractivity contribution is 0.0930. The molecule has 1 unspecified atom stereocenters. The van der Waals surface area contributed by atoms with Crippen LogP contribution < -0.4 is 10.1 Å². The minimum atomic E-state index is -0.761. The van der Waals surface area contributed by atoms with Crippen molar-refractivity contribution >= 4 is 5.91 Å². The first-order chi connectivity index (χ1) is 13.7. The molecule has 0 bridgehead atoms. The van der Waals surface area contributed by atoms with Crippen LogP contribution in [0.4, 0.5) is 8.78 Å². The van der Waals surface area contributed by atoms with Gasteiger partial charge in [-0.15, -0.1) is 0 Å². The van der Waals surface area contributed by atoms with E-state index in [9.17, 15) is 13.6 Å². The smallest absolute Gasteiger partial charge is 0.258 e. The van der Waals surface area contributed by atoms with Gasteiger partial charge in [0.25, 0.3) is 11.8 Å². The van der Waals surface area contributed by atoms with Gasteiger partial charge in [-0.25, -0.2) is 8.78 Å². The molecule has 3 aromatic rings. The van der Waals surface area contributed by atoms with Crippen molar-refractivity contribution in [2.24, 2.45) is 0 Å². The Morgan fingerprint density at radius 1 is 1.21 bits per heavy atom. The van der Waals surface area contributed by atoms with Crippen LogP contribution in [0.15, 0.2) is 40.9 Å². The maximum absolute atomic E-state index is 14.2. The highest BCUT2D eigenvalue weighted by molar-refractivity contribution is 6.00. The van der Waals surface area contributed by atoms with Gasteiger partial charge in [-0.3, -0.25) is 4.79 Å². The van der Waals surface area contributed by atoms with Crippen LogP contribution in [0, 0.1) is 11.6 Å². The fourth-order valence-corrected chi connectivity index (χ4v) is 3.13. The molecule has 0 saturated carbocycles. The number of ether oxygens (including phenoxy) is 1. The van der Waals surface area contributed by atoms with Crippen LogP contribution in [-0.2, 0) is 5.41 Å². The monoisotopic (exact) mass is 399 g/mol. The van der Waals surface area contributed by atoms with Crippen LogP contribution in [-0.4, -0.2) is 22.7 Å². The van der Waals surface area contributed by atoms with Gasteiger partial charge in [-0.2, -0.15) is 4.98 Å². The van der Waals surface area contributed by atoms with Crippen molar-refractivity contribution in [3.05, 3.63) is 65.0 Å². The molecule has 1 aliphatic heterocycles. The Kier molecular flexibility index (Phi) is 4.56. The van der Waals surface area contributed by atoms with Crippen molar-refractivity contribution in [2.45, 2.75) is 32.2 Å². The van der Waals surface area contributed by atoms with E-state index >= 15 is 0 Å². The fraction of sp³-hybridized carbons (Fsp3) is 0.286. The number of hydrogen-bond donors (Lipinski definition) is 1. The summed E-state index contributed by atoms with van der Waals surface area (Å²) in [5.74, 6) is -1.12. The Morgan fingerprint density at radius 2 is 1.97 bits per heavy atom. The van der Waals surface area contributed by atoms with Crippen LogP contribution in [0.3, 0.4) is 0 Å². The van der Waals surface area contributed by atoms with Crippen LogP contribution in [0.25, 0.3) is 11.5 Å². The average Bonchev–Trinajstić information content (AvgIpc) is 3.29. The number of nitrogens with zero attached hydrogens (tertiary/aromatic N) is 2. The lowest BCUT2D eigenvalue weighted by atomic mass is 9.96. The molecule has 29 heavy (non-hydrogen) atoms. The Hall–Kier alpha value is -3.29. The standard InChI is InChI=1S/C21H19F2N3O3/c1-21(2,3)20-25-19(29-26-20)13-7-5-4-6-12(13)18(27)24-15-10-28-16-9-11(22)8-14(23)17(15)16/h4-9,15H,10H2,1-3H3,(H,24,27). The summed E-state index contributed by atoms with van der Waals surface area (Å²) < 4.78 is 38.3. The van der Waals surface area contributed by atoms with Gasteiger partial charge in [-0.1, -0.05) is 38.1 Å². The summed E-state index contributed by atoms with van der Waals surface area (Å²) in [6, 6.07) is 7.91. The molecular formula is C21H19F2N3O3. The van der Waals surface area contributed by atoms with E-state index in [1.165, 1.54) is 0 Å². The Morgan fingerprint density at radius 3 is 2.69 bits per heavy atom. The van der Waals surface area contributed by atoms with E-state index in [0.29, 0.717) is 17.0 Å². The number of amides is 1. The second-order valence-corrected chi connectivity index (χ2v) is 7.86. The average molecular weight is 399 g/mol. The molecule has 0 radical (unpaired) electrons. The van der Waals surface area contributed by atoms with Crippen LogP contribution in [0.1, 0.15) is 48.6 Å². The highest BCUT2D eigenvalue weighted by atomic mass is 19.1. The molecule has 2 aromatic carbocycles. The van der Waals surface area contributed by atoms with Crippen molar-refractivity contribution in [3.63, 3.8) is 0 Å². The predicted molar refractivity (Wildman–Crippen MR) is 100 cm³/mol. The molecule has 1 N–H and O–H groups in total. The summed E-state index contributed by atoms with van der Waals surface area (Å²) in [4.78, 5) is 17.3. The van der Waals surface area contributed by atoms with Gasteiger partial charge in [0, 0.05) is 17.5 Å². The van der Waals surface area contributed by atoms with Crippen molar-refractivity contribution < 1.29 is 22.8 Å². The number of benzene rings is 2. The molecule has 8 heteroatoms. The van der Waals surface area contributed by atoms with Crippen molar-refractivity contribution in [3.8, 4) is 17.2 Å². The summed E-state index contributed by atoms with van der Waals surface area (Å²) in [5, 5.41) is 6.74. The van der Waals surface area contributed by atoms with Gasteiger partial charge in [0.05, 0.1) is 22.7 Å². The van der Waals surface area contributed by atoms with Crippen molar-refractivity contribution in [2.75, 3.05) is 6.61 Å². The van der Waals surface area contributed by atoms with E-state index < -0.39 is 23.6 Å². The van der Waals surface area contributed by atoms with E-state index in [4.69, 9.17) is 9.26 Å². The predicted octanol–water partition coefficient (Wildman–Crippen LogP) is 4.18. The third-order valence-corrected chi connectivity index (χ3v) is 4.61. The van der Waals surface area contributed by atoms with Gasteiger partial charge in [0.1, 0.15) is 24.0 Å². The molecule has 150 valence electrons. The quantitative estimate of drug-likeness (QED) is 0.715. The minimum Gasteiger partial charge on any atom is -0.490 e. The fourth-order valence-electron chi connectivity index (χ4n) is 3.13. The van der Waals surface area contributed by atoms with E-state index in [2.05, 4.69) is 15.5 Å². The van der Waals surface area contributed by atoms with Gasteiger partial charge in [0.15, 0.2) is 5.82 Å². The van der Waals surface area contributed by atoms with E-state index in [1.807, 2.05) is 20.8 Å². The summed E-state index contributed by atoms with van der Waals surface area (Å²) in [7, 11) is 0. The van der Waals surface area contributed by atoms with Crippen molar-refractivity contribution in [1.82, 2.24) is 15.5 Å². The third kappa shape index (κ3) is 3.57. The van der Waals surface area contributed by atoms with E-state index in [-0.39, 0.29) is 29.2 Å². The Balaban J connectivity index is 1.63. The molecule has 2 heterocycles. The Labute approximate surface area is 165 Å². The summed E-state index contributed by atoms with van der Waals surface area (Å²) in [6.45, 7) is 5.87. The topological polar surface area (TPSA) is 77.2 Å². The van der Waals surface area contributed by atoms with E-state index in [1.54, 1.807) is 24.3 Å². The number of aromatic nitrogens is 2. The molecule has 0 saturated heterocycles. The number of halogens is 2.